The summed E-state index contributed by atoms with van der Waals surface area (Å²) in [6, 6.07) is 19.1. The molecule has 150 valence electrons. The van der Waals surface area contributed by atoms with Gasteiger partial charge in [-0.2, -0.15) is 0 Å². The second-order valence-electron chi connectivity index (χ2n) is 7.82. The molecule has 3 aromatic rings. The predicted octanol–water partition coefficient (Wildman–Crippen LogP) is 4.36. The van der Waals surface area contributed by atoms with Crippen molar-refractivity contribution < 1.29 is 4.79 Å². The Morgan fingerprint density at radius 1 is 1.14 bits per heavy atom. The molecular weight excluding hydrogens is 378 g/mol. The van der Waals surface area contributed by atoms with Gasteiger partial charge in [0.1, 0.15) is 0 Å². The van der Waals surface area contributed by atoms with Gasteiger partial charge in [-0.1, -0.05) is 60.2 Å². The average Bonchev–Trinajstić information content (AvgIpc) is 3.29. The van der Waals surface area contributed by atoms with E-state index in [0.29, 0.717) is 6.42 Å². The SMILES string of the molecule is Cc1ccc(-c2nc(C)sc2CC(=O)NC2CCN(Cc3ccccc3)C2)cc1. The van der Waals surface area contributed by atoms with E-state index in [2.05, 4.69) is 70.7 Å². The number of thiazole rings is 1. The number of amides is 1. The maximum absolute atomic E-state index is 12.7. The van der Waals surface area contributed by atoms with E-state index in [1.807, 2.05) is 13.0 Å². The highest BCUT2D eigenvalue weighted by atomic mass is 32.1. The van der Waals surface area contributed by atoms with Crippen LogP contribution in [-0.4, -0.2) is 34.9 Å². The number of aryl methyl sites for hydroxylation is 2. The Bertz CT molecular complexity index is 966. The Morgan fingerprint density at radius 3 is 2.66 bits per heavy atom. The van der Waals surface area contributed by atoms with Crippen molar-refractivity contribution in [1.82, 2.24) is 15.2 Å². The van der Waals surface area contributed by atoms with Gasteiger partial charge in [-0.05, 0) is 25.8 Å². The van der Waals surface area contributed by atoms with Gasteiger partial charge in [-0.25, -0.2) is 4.98 Å². The van der Waals surface area contributed by atoms with E-state index in [1.54, 1.807) is 11.3 Å². The monoisotopic (exact) mass is 405 g/mol. The maximum atomic E-state index is 12.7. The molecule has 1 aromatic heterocycles. The molecule has 1 aliphatic heterocycles. The van der Waals surface area contributed by atoms with Crippen molar-refractivity contribution in [3.63, 3.8) is 0 Å². The van der Waals surface area contributed by atoms with E-state index in [0.717, 1.165) is 47.2 Å². The Hall–Kier alpha value is -2.50. The third-order valence-corrected chi connectivity index (χ3v) is 6.31. The highest BCUT2D eigenvalue weighted by Crippen LogP contribution is 2.29. The summed E-state index contributed by atoms with van der Waals surface area (Å²) in [5, 5.41) is 4.24. The van der Waals surface area contributed by atoms with Crippen LogP contribution in [-0.2, 0) is 17.8 Å². The number of hydrogen-bond donors (Lipinski definition) is 1. The summed E-state index contributed by atoms with van der Waals surface area (Å²) < 4.78 is 0. The zero-order valence-electron chi connectivity index (χ0n) is 17.0. The number of benzene rings is 2. The van der Waals surface area contributed by atoms with Crippen LogP contribution < -0.4 is 5.32 Å². The highest BCUT2D eigenvalue weighted by Gasteiger charge is 2.24. The summed E-state index contributed by atoms with van der Waals surface area (Å²) in [6.07, 6.45) is 1.40. The predicted molar refractivity (Wildman–Crippen MR) is 119 cm³/mol. The van der Waals surface area contributed by atoms with Crippen LogP contribution in [0.15, 0.2) is 54.6 Å². The van der Waals surface area contributed by atoms with Gasteiger partial charge in [0.05, 0.1) is 17.1 Å². The Morgan fingerprint density at radius 2 is 1.90 bits per heavy atom. The summed E-state index contributed by atoms with van der Waals surface area (Å²) in [4.78, 5) is 20.9. The van der Waals surface area contributed by atoms with Crippen LogP contribution in [0.5, 0.6) is 0 Å². The zero-order chi connectivity index (χ0) is 20.2. The second kappa shape index (κ2) is 8.89. The van der Waals surface area contributed by atoms with Gasteiger partial charge < -0.3 is 5.32 Å². The second-order valence-corrected chi connectivity index (χ2v) is 9.11. The number of nitrogens with zero attached hydrogens (tertiary/aromatic N) is 2. The van der Waals surface area contributed by atoms with Crippen molar-refractivity contribution >= 4 is 17.2 Å². The lowest BCUT2D eigenvalue weighted by molar-refractivity contribution is -0.121. The quantitative estimate of drug-likeness (QED) is 0.663. The van der Waals surface area contributed by atoms with Gasteiger partial charge in [0, 0.05) is 36.1 Å². The highest BCUT2D eigenvalue weighted by molar-refractivity contribution is 7.12. The van der Waals surface area contributed by atoms with Gasteiger partial charge in [0.25, 0.3) is 0 Å². The number of hydrogen-bond acceptors (Lipinski definition) is 4. The zero-order valence-corrected chi connectivity index (χ0v) is 17.8. The van der Waals surface area contributed by atoms with Crippen LogP contribution in [0.1, 0.15) is 27.4 Å². The lowest BCUT2D eigenvalue weighted by atomic mass is 10.1. The van der Waals surface area contributed by atoms with E-state index in [1.165, 1.54) is 11.1 Å². The molecule has 0 aliphatic carbocycles. The van der Waals surface area contributed by atoms with Crippen molar-refractivity contribution in [3.05, 3.63) is 75.6 Å². The Labute approximate surface area is 176 Å². The Kier molecular flexibility index (Phi) is 6.07. The number of carbonyl (C=O) groups excluding carboxylic acids is 1. The molecule has 0 radical (unpaired) electrons. The molecule has 4 rings (SSSR count). The van der Waals surface area contributed by atoms with Crippen LogP contribution in [0, 0.1) is 13.8 Å². The molecule has 0 spiro atoms. The molecule has 0 saturated carbocycles. The van der Waals surface area contributed by atoms with Crippen molar-refractivity contribution in [2.24, 2.45) is 0 Å². The fraction of sp³-hybridized carbons (Fsp3) is 0.333. The van der Waals surface area contributed by atoms with Gasteiger partial charge in [0.2, 0.25) is 5.91 Å². The fourth-order valence-electron chi connectivity index (χ4n) is 3.89. The van der Waals surface area contributed by atoms with Crippen LogP contribution in [0.4, 0.5) is 0 Å². The first kappa shape index (κ1) is 19.8. The first-order valence-corrected chi connectivity index (χ1v) is 11.0. The van der Waals surface area contributed by atoms with Gasteiger partial charge in [-0.3, -0.25) is 9.69 Å². The Balaban J connectivity index is 1.35. The lowest BCUT2D eigenvalue weighted by Crippen LogP contribution is -2.37. The molecule has 1 saturated heterocycles. The minimum absolute atomic E-state index is 0.0913. The van der Waals surface area contributed by atoms with E-state index >= 15 is 0 Å². The van der Waals surface area contributed by atoms with Gasteiger partial charge in [0.15, 0.2) is 0 Å². The van der Waals surface area contributed by atoms with E-state index < -0.39 is 0 Å². The summed E-state index contributed by atoms with van der Waals surface area (Å²) >= 11 is 1.62. The van der Waals surface area contributed by atoms with Crippen LogP contribution in [0.25, 0.3) is 11.3 Å². The van der Waals surface area contributed by atoms with E-state index in [4.69, 9.17) is 0 Å². The minimum atomic E-state index is 0.0913. The summed E-state index contributed by atoms with van der Waals surface area (Å²) in [5.74, 6) is 0.0913. The molecule has 1 atom stereocenters. The van der Waals surface area contributed by atoms with Gasteiger partial charge in [-0.15, -0.1) is 11.3 Å². The molecule has 2 heterocycles. The largest absolute Gasteiger partial charge is 0.352 e. The van der Waals surface area contributed by atoms with E-state index in [9.17, 15) is 4.79 Å². The normalized spacial score (nSPS) is 16.8. The molecule has 1 fully saturated rings. The first-order valence-electron chi connectivity index (χ1n) is 10.2. The summed E-state index contributed by atoms with van der Waals surface area (Å²) in [7, 11) is 0. The standard InChI is InChI=1S/C24H27N3OS/c1-17-8-10-20(11-9-17)24-22(29-18(2)25-24)14-23(28)26-21-12-13-27(16-21)15-19-6-4-3-5-7-19/h3-11,21H,12-16H2,1-2H3,(H,26,28). The van der Waals surface area contributed by atoms with Crippen molar-refractivity contribution in [2.75, 3.05) is 13.1 Å². The molecule has 1 aliphatic rings. The van der Waals surface area contributed by atoms with Crippen molar-refractivity contribution in [2.45, 2.75) is 39.3 Å². The van der Waals surface area contributed by atoms with Crippen LogP contribution >= 0.6 is 11.3 Å². The number of likely N-dealkylation sites (tertiary alicyclic amines) is 1. The molecule has 2 aromatic carbocycles. The third-order valence-electron chi connectivity index (χ3n) is 5.34. The molecule has 1 N–H and O–H groups in total. The molecular formula is C24H27N3OS. The summed E-state index contributed by atoms with van der Waals surface area (Å²) in [5.41, 5.74) is 4.57. The number of aromatic nitrogens is 1. The smallest absolute Gasteiger partial charge is 0.225 e. The molecule has 1 unspecified atom stereocenters. The molecule has 5 heteroatoms. The molecule has 4 nitrogen and oxygen atoms in total. The topological polar surface area (TPSA) is 45.2 Å². The van der Waals surface area contributed by atoms with Gasteiger partial charge >= 0.3 is 0 Å². The van der Waals surface area contributed by atoms with Crippen molar-refractivity contribution in [1.29, 1.82) is 0 Å². The van der Waals surface area contributed by atoms with Crippen LogP contribution in [0.3, 0.4) is 0 Å². The number of carbonyl (C=O) groups is 1. The third kappa shape index (κ3) is 5.11. The number of rotatable bonds is 6. The van der Waals surface area contributed by atoms with Crippen LogP contribution in [0.2, 0.25) is 0 Å². The summed E-state index contributed by atoms with van der Waals surface area (Å²) in [6.45, 7) is 6.95. The van der Waals surface area contributed by atoms with E-state index in [-0.39, 0.29) is 11.9 Å². The maximum Gasteiger partial charge on any atom is 0.225 e. The minimum Gasteiger partial charge on any atom is -0.352 e. The van der Waals surface area contributed by atoms with Crippen molar-refractivity contribution in [3.8, 4) is 11.3 Å². The molecule has 0 bridgehead atoms. The number of nitrogens with one attached hydrogen (secondary N) is 1. The fourth-order valence-corrected chi connectivity index (χ4v) is 4.84. The molecule has 29 heavy (non-hydrogen) atoms. The molecule has 1 amide bonds. The first-order chi connectivity index (χ1) is 14.1. The average molecular weight is 406 g/mol. The lowest BCUT2D eigenvalue weighted by Gasteiger charge is -2.16.